The molecule has 0 atom stereocenters. The molecule has 1 aromatic heterocycles. The number of aromatic nitrogens is 2. The maximum absolute atomic E-state index is 13.3. The second kappa shape index (κ2) is 4.96. The average Bonchev–Trinajstić information content (AvgIpc) is 2.39. The van der Waals surface area contributed by atoms with Gasteiger partial charge in [-0.25, -0.2) is 31.9 Å². The van der Waals surface area contributed by atoms with E-state index in [1.165, 1.54) is 0 Å². The summed E-state index contributed by atoms with van der Waals surface area (Å²) in [5.74, 6) is -10.6. The van der Waals surface area contributed by atoms with Crippen molar-refractivity contribution >= 4 is 23.1 Å². The molecule has 0 bridgehead atoms. The number of nitrogens with zero attached hydrogens (tertiary/aromatic N) is 2. The van der Waals surface area contributed by atoms with Gasteiger partial charge in [-0.15, -0.1) is 0 Å². The van der Waals surface area contributed by atoms with Crippen molar-refractivity contribution in [1.82, 2.24) is 9.97 Å². The lowest BCUT2D eigenvalue weighted by Crippen LogP contribution is -2.07. The summed E-state index contributed by atoms with van der Waals surface area (Å²) in [6.45, 7) is 0. The summed E-state index contributed by atoms with van der Waals surface area (Å²) in [6, 6.07) is 1.06. The van der Waals surface area contributed by atoms with Crippen LogP contribution < -0.4 is 5.32 Å². The highest BCUT2D eigenvalue weighted by Crippen LogP contribution is 2.29. The lowest BCUT2D eigenvalue weighted by atomic mass is 10.2. The Hall–Kier alpha value is -1.96. The smallest absolute Gasteiger partial charge is 0.200 e. The van der Waals surface area contributed by atoms with Gasteiger partial charge in [-0.1, -0.05) is 11.6 Å². The largest absolute Gasteiger partial charge is 0.335 e. The Morgan fingerprint density at radius 1 is 0.842 bits per heavy atom. The molecule has 0 fully saturated rings. The molecule has 1 heterocycles. The zero-order valence-corrected chi connectivity index (χ0v) is 9.57. The molecule has 0 unspecified atom stereocenters. The maximum atomic E-state index is 13.3. The van der Waals surface area contributed by atoms with E-state index in [0.29, 0.717) is 0 Å². The first-order chi connectivity index (χ1) is 8.91. The summed E-state index contributed by atoms with van der Waals surface area (Å²) in [4.78, 5) is 7.01. The van der Waals surface area contributed by atoms with Gasteiger partial charge in [0.25, 0.3) is 0 Å². The van der Waals surface area contributed by atoms with E-state index in [0.717, 1.165) is 12.4 Å². The summed E-state index contributed by atoms with van der Waals surface area (Å²) in [7, 11) is 0. The molecule has 1 N–H and O–H groups in total. The second-order valence-corrected chi connectivity index (χ2v) is 3.68. The SMILES string of the molecule is Fc1c(F)c(F)c(Nc2cc(Cl)ncn2)c(F)c1F. The Balaban J connectivity index is 2.52. The molecule has 2 rings (SSSR count). The third kappa shape index (κ3) is 2.43. The Labute approximate surface area is 108 Å². The third-order valence-corrected chi connectivity index (χ3v) is 2.30. The molecule has 1 aromatic carbocycles. The molecular weight excluding hydrogens is 293 g/mol. The van der Waals surface area contributed by atoms with Crippen LogP contribution in [0.3, 0.4) is 0 Å². The van der Waals surface area contributed by atoms with Crippen molar-refractivity contribution in [3.63, 3.8) is 0 Å². The number of benzene rings is 1. The number of rotatable bonds is 2. The molecular formula is C10H3ClF5N3. The van der Waals surface area contributed by atoms with Crippen LogP contribution in [-0.4, -0.2) is 9.97 Å². The van der Waals surface area contributed by atoms with Crippen molar-refractivity contribution in [2.75, 3.05) is 5.32 Å². The zero-order chi connectivity index (χ0) is 14.2. The van der Waals surface area contributed by atoms with E-state index in [-0.39, 0.29) is 11.0 Å². The van der Waals surface area contributed by atoms with E-state index < -0.39 is 34.8 Å². The van der Waals surface area contributed by atoms with E-state index in [4.69, 9.17) is 11.6 Å². The van der Waals surface area contributed by atoms with Gasteiger partial charge in [0.2, 0.25) is 5.82 Å². The fourth-order valence-electron chi connectivity index (χ4n) is 1.24. The molecule has 0 spiro atoms. The fourth-order valence-corrected chi connectivity index (χ4v) is 1.39. The molecule has 2 aromatic rings. The van der Waals surface area contributed by atoms with Crippen molar-refractivity contribution in [3.8, 4) is 0 Å². The maximum Gasteiger partial charge on any atom is 0.200 e. The van der Waals surface area contributed by atoms with Crippen molar-refractivity contribution < 1.29 is 22.0 Å². The van der Waals surface area contributed by atoms with Gasteiger partial charge in [-0.2, -0.15) is 0 Å². The van der Waals surface area contributed by atoms with Crippen LogP contribution in [0.4, 0.5) is 33.5 Å². The molecule has 0 amide bonds. The van der Waals surface area contributed by atoms with E-state index in [2.05, 4.69) is 9.97 Å². The quantitative estimate of drug-likeness (QED) is 0.398. The van der Waals surface area contributed by atoms with Crippen LogP contribution in [0, 0.1) is 29.1 Å². The van der Waals surface area contributed by atoms with Gasteiger partial charge in [0, 0.05) is 6.07 Å². The molecule has 0 aliphatic carbocycles. The monoisotopic (exact) mass is 295 g/mol. The van der Waals surface area contributed by atoms with Crippen LogP contribution in [0.25, 0.3) is 0 Å². The van der Waals surface area contributed by atoms with Crippen molar-refractivity contribution in [3.05, 3.63) is 46.6 Å². The molecule has 0 aliphatic heterocycles. The minimum Gasteiger partial charge on any atom is -0.335 e. The highest BCUT2D eigenvalue weighted by molar-refractivity contribution is 6.29. The minimum absolute atomic E-state index is 0.0682. The first kappa shape index (κ1) is 13.5. The minimum atomic E-state index is -2.23. The number of halogens is 6. The van der Waals surface area contributed by atoms with Gasteiger partial charge in [0.1, 0.15) is 23.0 Å². The summed E-state index contributed by atoms with van der Waals surface area (Å²) < 4.78 is 65.3. The van der Waals surface area contributed by atoms with Crippen LogP contribution >= 0.6 is 11.6 Å². The van der Waals surface area contributed by atoms with Crippen molar-refractivity contribution in [2.45, 2.75) is 0 Å². The highest BCUT2D eigenvalue weighted by atomic mass is 35.5. The van der Waals surface area contributed by atoms with Crippen LogP contribution in [0.2, 0.25) is 5.15 Å². The number of hydrogen-bond acceptors (Lipinski definition) is 3. The lowest BCUT2D eigenvalue weighted by Gasteiger charge is -2.09. The second-order valence-electron chi connectivity index (χ2n) is 3.30. The summed E-state index contributed by atoms with van der Waals surface area (Å²) in [5.41, 5.74) is -1.22. The molecule has 0 radical (unpaired) electrons. The Morgan fingerprint density at radius 2 is 1.37 bits per heavy atom. The molecule has 0 saturated heterocycles. The van der Waals surface area contributed by atoms with E-state index >= 15 is 0 Å². The zero-order valence-electron chi connectivity index (χ0n) is 8.82. The molecule has 0 aliphatic rings. The van der Waals surface area contributed by atoms with Crippen LogP contribution in [0.5, 0.6) is 0 Å². The molecule has 3 nitrogen and oxygen atoms in total. The summed E-state index contributed by atoms with van der Waals surface area (Å²) >= 11 is 5.49. The Kier molecular flexibility index (Phi) is 3.52. The van der Waals surface area contributed by atoms with Gasteiger partial charge in [-0.05, 0) is 0 Å². The van der Waals surface area contributed by atoms with Crippen molar-refractivity contribution in [2.24, 2.45) is 0 Å². The van der Waals surface area contributed by atoms with Gasteiger partial charge >= 0.3 is 0 Å². The average molecular weight is 296 g/mol. The first-order valence-electron chi connectivity index (χ1n) is 4.67. The van der Waals surface area contributed by atoms with E-state index in [1.807, 2.05) is 5.32 Å². The van der Waals surface area contributed by atoms with Crippen LogP contribution in [0.1, 0.15) is 0 Å². The highest BCUT2D eigenvalue weighted by Gasteiger charge is 2.26. The normalized spacial score (nSPS) is 10.6. The topological polar surface area (TPSA) is 37.8 Å². The number of nitrogens with one attached hydrogen (secondary N) is 1. The standard InChI is InChI=1S/C10H3ClF5N3/c11-3-1-4(18-2-17-3)19-10-8(15)6(13)5(12)7(14)9(10)16/h1-2H,(H,17,18,19). The third-order valence-electron chi connectivity index (χ3n) is 2.10. The predicted molar refractivity (Wildman–Crippen MR) is 56.6 cm³/mol. The van der Waals surface area contributed by atoms with Gasteiger partial charge in [0.15, 0.2) is 23.3 Å². The van der Waals surface area contributed by atoms with Crippen LogP contribution in [-0.2, 0) is 0 Å². The Morgan fingerprint density at radius 3 is 1.89 bits per heavy atom. The predicted octanol–water partition coefficient (Wildman–Crippen LogP) is 3.57. The van der Waals surface area contributed by atoms with Gasteiger partial charge < -0.3 is 5.32 Å². The van der Waals surface area contributed by atoms with Crippen LogP contribution in [0.15, 0.2) is 12.4 Å². The molecule has 9 heteroatoms. The van der Waals surface area contributed by atoms with E-state index in [1.54, 1.807) is 0 Å². The van der Waals surface area contributed by atoms with E-state index in [9.17, 15) is 22.0 Å². The molecule has 100 valence electrons. The Bertz CT molecular complexity index is 620. The molecule has 0 saturated carbocycles. The van der Waals surface area contributed by atoms with Gasteiger partial charge in [0.05, 0.1) is 0 Å². The summed E-state index contributed by atoms with van der Waals surface area (Å²) in [6.07, 6.45) is 0.955. The summed E-state index contributed by atoms with van der Waals surface area (Å²) in [5, 5.41) is 1.89. The molecule has 19 heavy (non-hydrogen) atoms. The number of hydrogen-bond donors (Lipinski definition) is 1. The van der Waals surface area contributed by atoms with Crippen molar-refractivity contribution in [1.29, 1.82) is 0 Å². The fraction of sp³-hybridized carbons (Fsp3) is 0. The first-order valence-corrected chi connectivity index (χ1v) is 5.05. The van der Waals surface area contributed by atoms with Gasteiger partial charge in [-0.3, -0.25) is 0 Å². The lowest BCUT2D eigenvalue weighted by molar-refractivity contribution is 0.382. The number of anilines is 2.